The molecule has 136 valence electrons. The first-order valence-electron chi connectivity index (χ1n) is 8.60. The number of carbonyl (C=O) groups is 1. The van der Waals surface area contributed by atoms with Crippen LogP contribution in [-0.2, 0) is 0 Å². The Morgan fingerprint density at radius 2 is 2.00 bits per heavy atom. The Hall–Kier alpha value is -2.41. The molecule has 0 bridgehead atoms. The molecule has 2 N–H and O–H groups in total. The van der Waals surface area contributed by atoms with Crippen molar-refractivity contribution in [2.75, 3.05) is 24.5 Å². The second-order valence-corrected chi connectivity index (χ2v) is 6.10. The van der Waals surface area contributed by atoms with E-state index in [2.05, 4.69) is 20.2 Å². The van der Waals surface area contributed by atoms with E-state index in [1.54, 1.807) is 37.6 Å². The quantitative estimate of drug-likeness (QED) is 0.881. The smallest absolute Gasteiger partial charge is 0.297 e. The summed E-state index contributed by atoms with van der Waals surface area (Å²) in [7, 11) is 0. The number of carbonyl (C=O) groups excluding carboxylic acids is 1. The molecule has 1 amide bonds. The fraction of sp³-hybridized carbons (Fsp3) is 0.500. The first-order chi connectivity index (χ1) is 12.1. The first kappa shape index (κ1) is 18.9. The molecule has 1 aliphatic rings. The van der Waals surface area contributed by atoms with Gasteiger partial charge in [-0.15, -0.1) is 0 Å². The summed E-state index contributed by atoms with van der Waals surface area (Å²) in [4.78, 5) is 21.5. The van der Waals surface area contributed by atoms with Crippen LogP contribution in [0.2, 0.25) is 0 Å². The second kappa shape index (κ2) is 9.78. The van der Waals surface area contributed by atoms with Crippen LogP contribution in [0.3, 0.4) is 0 Å². The number of aliphatic hydroxyl groups is 1. The van der Waals surface area contributed by atoms with Crippen LogP contribution in [0.25, 0.3) is 0 Å². The van der Waals surface area contributed by atoms with Crippen LogP contribution in [0, 0.1) is 6.92 Å². The van der Waals surface area contributed by atoms with E-state index < -0.39 is 6.10 Å². The topological polar surface area (TPSA) is 91.5 Å². The summed E-state index contributed by atoms with van der Waals surface area (Å²) in [5.74, 6) is 0.707. The average Bonchev–Trinajstić information content (AvgIpc) is 3.08. The molecule has 3 rings (SSSR count). The number of hydrogen-bond donors (Lipinski definition) is 2. The fourth-order valence-corrected chi connectivity index (χ4v) is 2.42. The minimum atomic E-state index is -0.522. The summed E-state index contributed by atoms with van der Waals surface area (Å²) in [6.07, 6.45) is 8.24. The van der Waals surface area contributed by atoms with Gasteiger partial charge in [-0.3, -0.25) is 9.78 Å². The van der Waals surface area contributed by atoms with E-state index in [-0.39, 0.29) is 12.5 Å². The molecule has 3 heterocycles. The van der Waals surface area contributed by atoms with Crippen LogP contribution in [-0.4, -0.2) is 46.7 Å². The summed E-state index contributed by atoms with van der Waals surface area (Å²) < 4.78 is 5.44. The number of oxazole rings is 1. The number of pyridine rings is 1. The largest absolute Gasteiger partial charge is 0.429 e. The number of amides is 1. The summed E-state index contributed by atoms with van der Waals surface area (Å²) in [6.45, 7) is 6.01. The van der Waals surface area contributed by atoms with Gasteiger partial charge in [-0.2, -0.15) is 0 Å². The number of aromatic nitrogens is 2. The zero-order valence-electron chi connectivity index (χ0n) is 14.8. The van der Waals surface area contributed by atoms with Crippen molar-refractivity contribution in [1.82, 2.24) is 15.3 Å². The van der Waals surface area contributed by atoms with Gasteiger partial charge in [0.15, 0.2) is 0 Å². The number of aliphatic hydroxyl groups excluding tert-OH is 1. The predicted octanol–water partition coefficient (Wildman–Crippen LogP) is 2.17. The highest BCUT2D eigenvalue weighted by Crippen LogP contribution is 2.18. The number of nitrogens with one attached hydrogen (secondary N) is 1. The third-order valence-corrected chi connectivity index (χ3v) is 3.74. The Morgan fingerprint density at radius 3 is 2.56 bits per heavy atom. The van der Waals surface area contributed by atoms with Crippen LogP contribution < -0.4 is 10.2 Å². The Bertz CT molecular complexity index is 637. The predicted molar refractivity (Wildman–Crippen MR) is 95.6 cm³/mol. The molecule has 1 unspecified atom stereocenters. The normalized spacial score (nSPS) is 15.1. The number of rotatable bonds is 4. The molecular formula is C18H26N4O3. The molecular weight excluding hydrogens is 320 g/mol. The van der Waals surface area contributed by atoms with Crippen LogP contribution in [0.15, 0.2) is 35.1 Å². The van der Waals surface area contributed by atoms with Crippen LogP contribution in [0.4, 0.5) is 6.01 Å². The highest BCUT2D eigenvalue weighted by atomic mass is 16.4. The number of piperidine rings is 1. The van der Waals surface area contributed by atoms with Gasteiger partial charge in [0, 0.05) is 37.6 Å². The van der Waals surface area contributed by atoms with Crippen molar-refractivity contribution in [3.05, 3.63) is 42.0 Å². The lowest BCUT2D eigenvalue weighted by Gasteiger charge is -2.24. The summed E-state index contributed by atoms with van der Waals surface area (Å²) in [5.41, 5.74) is 0.552. The monoisotopic (exact) mass is 346 g/mol. The van der Waals surface area contributed by atoms with E-state index in [4.69, 9.17) is 9.52 Å². The average molecular weight is 346 g/mol. The maximum absolute atomic E-state index is 11.3. The van der Waals surface area contributed by atoms with Gasteiger partial charge in [0.25, 0.3) is 11.9 Å². The molecule has 1 saturated heterocycles. The van der Waals surface area contributed by atoms with Crippen molar-refractivity contribution < 1.29 is 14.3 Å². The molecule has 1 fully saturated rings. The molecule has 1 atom stereocenters. The molecule has 2 aromatic rings. The minimum absolute atomic E-state index is 0.191. The molecule has 0 spiro atoms. The fourth-order valence-electron chi connectivity index (χ4n) is 2.42. The molecule has 1 aliphatic heterocycles. The molecule has 0 aliphatic carbocycles. The molecule has 0 aromatic carbocycles. The van der Waals surface area contributed by atoms with E-state index in [1.807, 2.05) is 6.92 Å². The van der Waals surface area contributed by atoms with Gasteiger partial charge in [-0.25, -0.2) is 4.98 Å². The van der Waals surface area contributed by atoms with Crippen LogP contribution >= 0.6 is 0 Å². The lowest BCUT2D eigenvalue weighted by Crippen LogP contribution is -2.30. The van der Waals surface area contributed by atoms with Crippen LogP contribution in [0.1, 0.15) is 42.3 Å². The number of hydrogen-bond acceptors (Lipinski definition) is 6. The highest BCUT2D eigenvalue weighted by molar-refractivity contribution is 5.93. The summed E-state index contributed by atoms with van der Waals surface area (Å²) >= 11 is 0. The van der Waals surface area contributed by atoms with Gasteiger partial charge < -0.3 is 19.7 Å². The number of anilines is 1. The number of aryl methyl sites for hydroxylation is 1. The summed E-state index contributed by atoms with van der Waals surface area (Å²) in [6, 6.07) is 4.04. The number of nitrogens with zero attached hydrogens (tertiary/aromatic N) is 3. The molecule has 0 saturated carbocycles. The van der Waals surface area contributed by atoms with E-state index in [0.29, 0.717) is 5.56 Å². The standard InChI is InChI=1S/C9H12N2O2.C9H14N2O/c1-7(12)6-11-9(13)8-2-4-10-5-3-8;1-8-7-10-9(12-8)11-5-3-2-4-6-11/h2-5,7,12H,6H2,1H3,(H,11,13);7H,2-6H2,1H3. The van der Waals surface area contributed by atoms with Gasteiger partial charge in [0.1, 0.15) is 5.76 Å². The van der Waals surface area contributed by atoms with Gasteiger partial charge in [0.2, 0.25) is 0 Å². The molecule has 0 radical (unpaired) electrons. The minimum Gasteiger partial charge on any atom is -0.429 e. The van der Waals surface area contributed by atoms with Crippen LogP contribution in [0.5, 0.6) is 0 Å². The maximum Gasteiger partial charge on any atom is 0.297 e. The first-order valence-corrected chi connectivity index (χ1v) is 8.60. The Labute approximate surface area is 148 Å². The maximum atomic E-state index is 11.3. The van der Waals surface area contributed by atoms with Gasteiger partial charge in [-0.05, 0) is 45.2 Å². The molecule has 25 heavy (non-hydrogen) atoms. The Balaban J connectivity index is 0.000000181. The van der Waals surface area contributed by atoms with Crippen molar-refractivity contribution in [2.45, 2.75) is 39.2 Å². The molecule has 7 heteroatoms. The van der Waals surface area contributed by atoms with Gasteiger partial charge >= 0.3 is 0 Å². The lowest BCUT2D eigenvalue weighted by atomic mass is 10.1. The van der Waals surface area contributed by atoms with E-state index in [0.717, 1.165) is 24.9 Å². The van der Waals surface area contributed by atoms with E-state index >= 15 is 0 Å². The summed E-state index contributed by atoms with van der Waals surface area (Å²) in [5, 5.41) is 11.5. The zero-order chi connectivity index (χ0) is 18.1. The van der Waals surface area contributed by atoms with Crippen molar-refractivity contribution in [3.8, 4) is 0 Å². The van der Waals surface area contributed by atoms with E-state index in [9.17, 15) is 4.79 Å². The Morgan fingerprint density at radius 1 is 1.32 bits per heavy atom. The second-order valence-electron chi connectivity index (χ2n) is 6.10. The molecule has 7 nitrogen and oxygen atoms in total. The van der Waals surface area contributed by atoms with Crippen molar-refractivity contribution >= 4 is 11.9 Å². The third kappa shape index (κ3) is 6.54. The lowest BCUT2D eigenvalue weighted by molar-refractivity contribution is 0.0924. The third-order valence-electron chi connectivity index (χ3n) is 3.74. The van der Waals surface area contributed by atoms with Crippen molar-refractivity contribution in [3.63, 3.8) is 0 Å². The SMILES string of the molecule is CC(O)CNC(=O)c1ccncc1.Cc1cnc(N2CCCCC2)o1. The Kier molecular flexibility index (Phi) is 7.40. The van der Waals surface area contributed by atoms with Crippen molar-refractivity contribution in [1.29, 1.82) is 0 Å². The van der Waals surface area contributed by atoms with Gasteiger partial charge in [-0.1, -0.05) is 0 Å². The van der Waals surface area contributed by atoms with Crippen molar-refractivity contribution in [2.24, 2.45) is 0 Å². The molecule has 2 aromatic heterocycles. The highest BCUT2D eigenvalue weighted by Gasteiger charge is 2.14. The van der Waals surface area contributed by atoms with E-state index in [1.165, 1.54) is 19.3 Å². The zero-order valence-corrected chi connectivity index (χ0v) is 14.8. The van der Waals surface area contributed by atoms with Gasteiger partial charge in [0.05, 0.1) is 12.3 Å².